The second-order valence-corrected chi connectivity index (χ2v) is 3.32. The summed E-state index contributed by atoms with van der Waals surface area (Å²) in [6.07, 6.45) is 0.287. The Hall–Kier alpha value is -1.75. The van der Waals surface area contributed by atoms with Crippen LogP contribution >= 0.6 is 0 Å². The van der Waals surface area contributed by atoms with Crippen LogP contribution in [-0.2, 0) is 16.1 Å². The van der Waals surface area contributed by atoms with Gasteiger partial charge in [0, 0.05) is 24.7 Å². The maximum Gasteiger partial charge on any atom is 0.306 e. The number of esters is 1. The molecule has 0 radical (unpaired) electrons. The van der Waals surface area contributed by atoms with E-state index in [2.05, 4.69) is 10.1 Å². The maximum absolute atomic E-state index is 10.8. The van der Waals surface area contributed by atoms with E-state index in [1.807, 2.05) is 0 Å². The topological polar surface area (TPSA) is 78.8 Å². The van der Waals surface area contributed by atoms with Crippen molar-refractivity contribution in [2.75, 3.05) is 13.7 Å². The van der Waals surface area contributed by atoms with Crippen molar-refractivity contribution >= 4 is 5.97 Å². The molecule has 88 valence electrons. The summed E-state index contributed by atoms with van der Waals surface area (Å²) < 4.78 is 4.48. The van der Waals surface area contributed by atoms with E-state index in [1.165, 1.54) is 19.2 Å². The van der Waals surface area contributed by atoms with Gasteiger partial charge >= 0.3 is 5.97 Å². The molecule has 0 aliphatic carbocycles. The molecule has 1 aromatic rings. The van der Waals surface area contributed by atoms with Gasteiger partial charge in [-0.2, -0.15) is 0 Å². The Balaban J connectivity index is 2.35. The minimum atomic E-state index is -0.276. The number of benzene rings is 1. The van der Waals surface area contributed by atoms with Crippen LogP contribution in [0.4, 0.5) is 0 Å². The van der Waals surface area contributed by atoms with Crippen molar-refractivity contribution in [1.29, 1.82) is 0 Å². The Morgan fingerprint density at radius 1 is 1.44 bits per heavy atom. The summed E-state index contributed by atoms with van der Waals surface area (Å²) in [7, 11) is 1.34. The van der Waals surface area contributed by atoms with Crippen LogP contribution in [0.1, 0.15) is 12.0 Å². The van der Waals surface area contributed by atoms with Crippen LogP contribution in [0.3, 0.4) is 0 Å². The highest BCUT2D eigenvalue weighted by molar-refractivity contribution is 5.69. The average molecular weight is 225 g/mol. The van der Waals surface area contributed by atoms with Crippen molar-refractivity contribution in [2.45, 2.75) is 13.0 Å². The predicted octanol–water partition coefficient (Wildman–Crippen LogP) is 0.750. The van der Waals surface area contributed by atoms with Crippen molar-refractivity contribution in [1.82, 2.24) is 5.32 Å². The van der Waals surface area contributed by atoms with Crippen LogP contribution in [0.2, 0.25) is 0 Å². The van der Waals surface area contributed by atoms with Crippen LogP contribution in [0.5, 0.6) is 11.5 Å². The second-order valence-electron chi connectivity index (χ2n) is 3.32. The number of hydrogen-bond donors (Lipinski definition) is 3. The minimum Gasteiger partial charge on any atom is -0.508 e. The van der Waals surface area contributed by atoms with Crippen LogP contribution in [0.25, 0.3) is 0 Å². The smallest absolute Gasteiger partial charge is 0.306 e. The number of aromatic hydroxyl groups is 2. The summed E-state index contributed by atoms with van der Waals surface area (Å²) in [6, 6.07) is 4.39. The normalized spacial score (nSPS) is 10.1. The lowest BCUT2D eigenvalue weighted by Gasteiger charge is -2.06. The largest absolute Gasteiger partial charge is 0.508 e. The average Bonchev–Trinajstić information content (AvgIpc) is 2.26. The predicted molar refractivity (Wildman–Crippen MR) is 58.1 cm³/mol. The Morgan fingerprint density at radius 3 is 2.81 bits per heavy atom. The molecule has 1 rings (SSSR count). The van der Waals surface area contributed by atoms with Gasteiger partial charge in [0.1, 0.15) is 11.5 Å². The molecule has 0 fully saturated rings. The van der Waals surface area contributed by atoms with Crippen molar-refractivity contribution in [2.24, 2.45) is 0 Å². The van der Waals surface area contributed by atoms with E-state index in [9.17, 15) is 9.90 Å². The monoisotopic (exact) mass is 225 g/mol. The third kappa shape index (κ3) is 3.78. The standard InChI is InChI=1S/C11H15NO4/c1-16-11(15)4-5-12-7-8-2-3-9(13)6-10(8)14/h2-3,6,12-14H,4-5,7H2,1H3. The van der Waals surface area contributed by atoms with E-state index in [1.54, 1.807) is 6.07 Å². The Labute approximate surface area is 93.7 Å². The number of carbonyl (C=O) groups is 1. The molecule has 0 spiro atoms. The highest BCUT2D eigenvalue weighted by atomic mass is 16.5. The molecule has 5 heteroatoms. The summed E-state index contributed by atoms with van der Waals surface area (Å²) in [5, 5.41) is 21.5. The lowest BCUT2D eigenvalue weighted by molar-refractivity contribution is -0.140. The van der Waals surface area contributed by atoms with Gasteiger partial charge in [0.2, 0.25) is 0 Å². The summed E-state index contributed by atoms with van der Waals surface area (Å²) in [5.74, 6) is -0.219. The number of ether oxygens (including phenoxy) is 1. The molecule has 0 saturated carbocycles. The number of rotatable bonds is 5. The molecule has 0 aromatic heterocycles. The van der Waals surface area contributed by atoms with Crippen LogP contribution in [0.15, 0.2) is 18.2 Å². The Bertz CT molecular complexity index is 365. The molecule has 0 amide bonds. The Morgan fingerprint density at radius 2 is 2.19 bits per heavy atom. The summed E-state index contributed by atoms with van der Waals surface area (Å²) in [4.78, 5) is 10.8. The molecule has 0 atom stereocenters. The first kappa shape index (κ1) is 12.3. The number of nitrogens with one attached hydrogen (secondary N) is 1. The summed E-state index contributed by atoms with van der Waals surface area (Å²) in [5.41, 5.74) is 0.669. The van der Waals surface area contributed by atoms with Crippen molar-refractivity contribution in [3.05, 3.63) is 23.8 Å². The van der Waals surface area contributed by atoms with Gasteiger partial charge in [0.05, 0.1) is 13.5 Å². The zero-order valence-corrected chi connectivity index (χ0v) is 9.06. The van der Waals surface area contributed by atoms with Gasteiger partial charge in [-0.3, -0.25) is 4.79 Å². The first-order valence-electron chi connectivity index (χ1n) is 4.92. The molecule has 0 aliphatic heterocycles. The third-order valence-electron chi connectivity index (χ3n) is 2.12. The number of phenols is 2. The van der Waals surface area contributed by atoms with E-state index in [-0.39, 0.29) is 23.9 Å². The van der Waals surface area contributed by atoms with Gasteiger partial charge in [-0.25, -0.2) is 0 Å². The highest BCUT2D eigenvalue weighted by Crippen LogP contribution is 2.21. The Kier molecular flexibility index (Phi) is 4.60. The molecule has 1 aromatic carbocycles. The highest BCUT2D eigenvalue weighted by Gasteiger charge is 2.03. The zero-order valence-electron chi connectivity index (χ0n) is 9.06. The number of carbonyl (C=O) groups excluding carboxylic acids is 1. The number of phenolic OH excluding ortho intramolecular Hbond substituents is 2. The molecule has 0 bridgehead atoms. The molecule has 0 aliphatic rings. The van der Waals surface area contributed by atoms with E-state index < -0.39 is 0 Å². The van der Waals surface area contributed by atoms with Crippen molar-refractivity contribution in [3.8, 4) is 11.5 Å². The van der Waals surface area contributed by atoms with Crippen LogP contribution in [-0.4, -0.2) is 29.8 Å². The molecule has 16 heavy (non-hydrogen) atoms. The number of hydrogen-bond acceptors (Lipinski definition) is 5. The fraction of sp³-hybridized carbons (Fsp3) is 0.364. The molecule has 0 saturated heterocycles. The molecule has 5 nitrogen and oxygen atoms in total. The van der Waals surface area contributed by atoms with Crippen molar-refractivity contribution < 1.29 is 19.7 Å². The van der Waals surface area contributed by atoms with Gasteiger partial charge in [-0.1, -0.05) is 6.07 Å². The van der Waals surface area contributed by atoms with Gasteiger partial charge in [-0.15, -0.1) is 0 Å². The minimum absolute atomic E-state index is 0.0239. The third-order valence-corrected chi connectivity index (χ3v) is 2.12. The van der Waals surface area contributed by atoms with E-state index in [0.29, 0.717) is 18.7 Å². The fourth-order valence-electron chi connectivity index (χ4n) is 1.22. The fourth-order valence-corrected chi connectivity index (χ4v) is 1.22. The summed E-state index contributed by atoms with van der Waals surface area (Å²) >= 11 is 0. The SMILES string of the molecule is COC(=O)CCNCc1ccc(O)cc1O. The quantitative estimate of drug-likeness (QED) is 0.509. The van der Waals surface area contributed by atoms with Gasteiger partial charge in [0.25, 0.3) is 0 Å². The first-order chi connectivity index (χ1) is 7.63. The molecular weight excluding hydrogens is 210 g/mol. The second kappa shape index (κ2) is 5.97. The lowest BCUT2D eigenvalue weighted by Crippen LogP contribution is -2.18. The first-order valence-corrected chi connectivity index (χ1v) is 4.92. The van der Waals surface area contributed by atoms with Crippen LogP contribution < -0.4 is 5.32 Å². The zero-order chi connectivity index (χ0) is 12.0. The molecule has 3 N–H and O–H groups in total. The van der Waals surface area contributed by atoms with Gasteiger partial charge in [0.15, 0.2) is 0 Å². The molecule has 0 unspecified atom stereocenters. The van der Waals surface area contributed by atoms with E-state index >= 15 is 0 Å². The van der Waals surface area contributed by atoms with Crippen molar-refractivity contribution in [3.63, 3.8) is 0 Å². The lowest BCUT2D eigenvalue weighted by atomic mass is 10.2. The van der Waals surface area contributed by atoms with E-state index in [4.69, 9.17) is 5.11 Å². The molecular formula is C11H15NO4. The van der Waals surface area contributed by atoms with E-state index in [0.717, 1.165) is 0 Å². The van der Waals surface area contributed by atoms with Gasteiger partial charge in [-0.05, 0) is 6.07 Å². The van der Waals surface area contributed by atoms with Crippen LogP contribution in [0, 0.1) is 0 Å². The number of methoxy groups -OCH3 is 1. The maximum atomic E-state index is 10.8. The van der Waals surface area contributed by atoms with Gasteiger partial charge < -0.3 is 20.3 Å². The molecule has 0 heterocycles. The summed E-state index contributed by atoms with van der Waals surface area (Å²) in [6.45, 7) is 0.913.